The highest BCUT2D eigenvalue weighted by atomic mass is 16.5. The molecule has 0 aliphatic carbocycles. The van der Waals surface area contributed by atoms with E-state index in [9.17, 15) is 9.59 Å². The van der Waals surface area contributed by atoms with Crippen molar-refractivity contribution in [1.29, 1.82) is 0 Å². The van der Waals surface area contributed by atoms with Crippen LogP contribution in [-0.4, -0.2) is 30.4 Å². The molecule has 0 fully saturated rings. The Labute approximate surface area is 112 Å². The number of hydrogen-bond donors (Lipinski definition) is 1. The van der Waals surface area contributed by atoms with Crippen molar-refractivity contribution in [2.75, 3.05) is 18.0 Å². The van der Waals surface area contributed by atoms with Crippen LogP contribution >= 0.6 is 0 Å². The molecule has 0 radical (unpaired) electrons. The zero-order valence-corrected chi connectivity index (χ0v) is 11.4. The van der Waals surface area contributed by atoms with E-state index in [0.29, 0.717) is 23.5 Å². The monoisotopic (exact) mass is 262 g/mol. The highest BCUT2D eigenvalue weighted by molar-refractivity contribution is 6.01. The molecule has 1 aliphatic rings. The van der Waals surface area contributed by atoms with Crippen LogP contribution in [0.15, 0.2) is 18.2 Å². The normalized spacial score (nSPS) is 16.5. The molecule has 0 unspecified atom stereocenters. The predicted molar refractivity (Wildman–Crippen MR) is 72.6 cm³/mol. The second-order valence-corrected chi connectivity index (χ2v) is 5.28. The molecule has 2 N–H and O–H groups in total. The number of rotatable bonds is 2. The summed E-state index contributed by atoms with van der Waals surface area (Å²) >= 11 is 0. The third-order valence-electron chi connectivity index (χ3n) is 3.06. The van der Waals surface area contributed by atoms with Crippen LogP contribution in [0.25, 0.3) is 0 Å². The summed E-state index contributed by atoms with van der Waals surface area (Å²) in [4.78, 5) is 25.0. The molecule has 0 bridgehead atoms. The van der Waals surface area contributed by atoms with Crippen LogP contribution in [0, 0.1) is 0 Å². The molecule has 1 aromatic rings. The number of Topliss-reactive ketones (excluding diaryl/α,β-unsaturated/α-hetero) is 1. The van der Waals surface area contributed by atoms with Crippen molar-refractivity contribution in [3.8, 4) is 5.75 Å². The fourth-order valence-electron chi connectivity index (χ4n) is 2.18. The number of carbonyl (C=O) groups excluding carboxylic acids is 2. The minimum Gasteiger partial charge on any atom is -0.484 e. The maximum absolute atomic E-state index is 11.8. The quantitative estimate of drug-likeness (QED) is 0.817. The second kappa shape index (κ2) is 4.66. The zero-order valence-electron chi connectivity index (χ0n) is 11.4. The summed E-state index contributed by atoms with van der Waals surface area (Å²) in [5, 5.41) is 0. The number of hydrogen-bond acceptors (Lipinski definition) is 4. The molecule has 19 heavy (non-hydrogen) atoms. The van der Waals surface area contributed by atoms with Gasteiger partial charge in [-0.2, -0.15) is 0 Å². The Morgan fingerprint density at radius 1 is 1.42 bits per heavy atom. The maximum Gasteiger partial charge on any atom is 0.224 e. The first-order valence-electron chi connectivity index (χ1n) is 6.18. The third kappa shape index (κ3) is 2.61. The molecule has 5 heteroatoms. The van der Waals surface area contributed by atoms with Gasteiger partial charge in [-0.1, -0.05) is 0 Å². The number of benzene rings is 1. The standard InChI is InChI=1S/C14H18N2O3/c1-9(17)16-8-14(2,3)19-13-5-4-10(6-11(13)16)12(18)7-15/h4-6H,7-8,15H2,1-3H3. The van der Waals surface area contributed by atoms with E-state index in [1.54, 1.807) is 23.1 Å². The number of fused-ring (bicyclic) bond motifs is 1. The molecule has 1 aromatic carbocycles. The van der Waals surface area contributed by atoms with E-state index in [4.69, 9.17) is 10.5 Å². The molecule has 2 rings (SSSR count). The molecule has 5 nitrogen and oxygen atoms in total. The lowest BCUT2D eigenvalue weighted by Gasteiger charge is -2.39. The van der Waals surface area contributed by atoms with Gasteiger partial charge in [0.25, 0.3) is 0 Å². The van der Waals surface area contributed by atoms with Gasteiger partial charge in [0.15, 0.2) is 5.78 Å². The van der Waals surface area contributed by atoms with Gasteiger partial charge in [-0.3, -0.25) is 9.59 Å². The number of ketones is 1. The summed E-state index contributed by atoms with van der Waals surface area (Å²) in [6, 6.07) is 5.06. The van der Waals surface area contributed by atoms with Crippen LogP contribution in [0.5, 0.6) is 5.75 Å². The average Bonchev–Trinajstić information content (AvgIpc) is 2.35. The number of nitrogens with zero attached hydrogens (tertiary/aromatic N) is 1. The summed E-state index contributed by atoms with van der Waals surface area (Å²) in [5.74, 6) is 0.381. The molecular formula is C14H18N2O3. The molecular weight excluding hydrogens is 244 g/mol. The molecule has 1 heterocycles. The second-order valence-electron chi connectivity index (χ2n) is 5.28. The van der Waals surface area contributed by atoms with Crippen molar-refractivity contribution in [3.63, 3.8) is 0 Å². The highest BCUT2D eigenvalue weighted by Crippen LogP contribution is 2.37. The largest absolute Gasteiger partial charge is 0.484 e. The minimum absolute atomic E-state index is 0.0504. The summed E-state index contributed by atoms with van der Waals surface area (Å²) in [7, 11) is 0. The summed E-state index contributed by atoms with van der Waals surface area (Å²) in [5.41, 5.74) is 6.04. The van der Waals surface area contributed by atoms with E-state index in [2.05, 4.69) is 0 Å². The Bertz CT molecular complexity index is 537. The van der Waals surface area contributed by atoms with Crippen LogP contribution in [0.3, 0.4) is 0 Å². The Morgan fingerprint density at radius 2 is 2.11 bits per heavy atom. The van der Waals surface area contributed by atoms with Gasteiger partial charge in [0.2, 0.25) is 5.91 Å². The number of ether oxygens (including phenoxy) is 1. The first kappa shape index (κ1) is 13.5. The molecule has 0 aromatic heterocycles. The van der Waals surface area contributed by atoms with Gasteiger partial charge in [0.05, 0.1) is 18.8 Å². The van der Waals surface area contributed by atoms with Gasteiger partial charge >= 0.3 is 0 Å². The van der Waals surface area contributed by atoms with Crippen LogP contribution in [-0.2, 0) is 4.79 Å². The Balaban J connectivity index is 2.49. The Hall–Kier alpha value is -1.88. The van der Waals surface area contributed by atoms with Crippen LogP contribution in [0.1, 0.15) is 31.1 Å². The Kier molecular flexibility index (Phi) is 3.32. The van der Waals surface area contributed by atoms with Gasteiger partial charge in [0, 0.05) is 12.5 Å². The number of nitrogens with two attached hydrogens (primary N) is 1. The highest BCUT2D eigenvalue weighted by Gasteiger charge is 2.33. The third-order valence-corrected chi connectivity index (χ3v) is 3.06. The van der Waals surface area contributed by atoms with Crippen LogP contribution in [0.4, 0.5) is 5.69 Å². The van der Waals surface area contributed by atoms with E-state index in [-0.39, 0.29) is 18.2 Å². The van der Waals surface area contributed by atoms with Gasteiger partial charge in [-0.05, 0) is 32.0 Å². The lowest BCUT2D eigenvalue weighted by Crippen LogP contribution is -2.48. The van der Waals surface area contributed by atoms with E-state index < -0.39 is 5.60 Å². The van der Waals surface area contributed by atoms with Gasteiger partial charge in [-0.25, -0.2) is 0 Å². The van der Waals surface area contributed by atoms with Crippen LogP contribution in [0.2, 0.25) is 0 Å². The number of anilines is 1. The fourth-order valence-corrected chi connectivity index (χ4v) is 2.18. The lowest BCUT2D eigenvalue weighted by atomic mass is 10.0. The van der Waals surface area contributed by atoms with E-state index in [1.807, 2.05) is 13.8 Å². The summed E-state index contributed by atoms with van der Waals surface area (Å²) < 4.78 is 5.83. The molecule has 1 amide bonds. The van der Waals surface area contributed by atoms with Crippen molar-refractivity contribution < 1.29 is 14.3 Å². The average molecular weight is 262 g/mol. The molecule has 0 saturated carbocycles. The van der Waals surface area contributed by atoms with Crippen molar-refractivity contribution in [2.45, 2.75) is 26.4 Å². The number of amides is 1. The molecule has 0 atom stereocenters. The van der Waals surface area contributed by atoms with Crippen LogP contribution < -0.4 is 15.4 Å². The van der Waals surface area contributed by atoms with Gasteiger partial charge in [-0.15, -0.1) is 0 Å². The zero-order chi connectivity index (χ0) is 14.2. The lowest BCUT2D eigenvalue weighted by molar-refractivity contribution is -0.117. The summed E-state index contributed by atoms with van der Waals surface area (Å²) in [6.07, 6.45) is 0. The van der Waals surface area contributed by atoms with Crippen molar-refractivity contribution in [1.82, 2.24) is 0 Å². The topological polar surface area (TPSA) is 72.6 Å². The maximum atomic E-state index is 11.8. The van der Waals surface area contributed by atoms with E-state index in [0.717, 1.165) is 0 Å². The molecule has 0 saturated heterocycles. The first-order chi connectivity index (χ1) is 8.84. The Morgan fingerprint density at radius 3 is 2.68 bits per heavy atom. The first-order valence-corrected chi connectivity index (χ1v) is 6.18. The SMILES string of the molecule is CC(=O)N1CC(C)(C)Oc2ccc(C(=O)CN)cc21. The van der Waals surface area contributed by atoms with Crippen molar-refractivity contribution in [2.24, 2.45) is 5.73 Å². The predicted octanol–water partition coefficient (Wildman–Crippen LogP) is 1.35. The fraction of sp³-hybridized carbons (Fsp3) is 0.429. The summed E-state index contributed by atoms with van der Waals surface area (Å²) in [6.45, 7) is 5.75. The number of carbonyl (C=O) groups is 2. The van der Waals surface area contributed by atoms with E-state index in [1.165, 1.54) is 6.92 Å². The molecule has 0 spiro atoms. The molecule has 102 valence electrons. The van der Waals surface area contributed by atoms with E-state index >= 15 is 0 Å². The van der Waals surface area contributed by atoms with Gasteiger partial charge < -0.3 is 15.4 Å². The van der Waals surface area contributed by atoms with Crippen molar-refractivity contribution in [3.05, 3.63) is 23.8 Å². The smallest absolute Gasteiger partial charge is 0.224 e. The van der Waals surface area contributed by atoms with Crippen molar-refractivity contribution >= 4 is 17.4 Å². The minimum atomic E-state index is -0.446. The molecule has 1 aliphatic heterocycles. The van der Waals surface area contributed by atoms with Gasteiger partial charge in [0.1, 0.15) is 11.4 Å².